The molecular weight excluding hydrogens is 130 g/mol. The maximum absolute atomic E-state index is 10.6. The van der Waals surface area contributed by atoms with Crippen molar-refractivity contribution >= 4 is 5.97 Å². The fourth-order valence-electron chi connectivity index (χ4n) is 2.15. The lowest BCUT2D eigenvalue weighted by Gasteiger charge is -2.47. The molecular formula is C7H11NO2. The van der Waals surface area contributed by atoms with Crippen LogP contribution < -0.4 is 5.32 Å². The topological polar surface area (TPSA) is 49.3 Å². The Morgan fingerprint density at radius 3 is 2.30 bits per heavy atom. The molecule has 0 aromatic rings. The number of aliphatic carboxylic acids is 1. The second-order valence-corrected chi connectivity index (χ2v) is 3.28. The smallest absolute Gasteiger partial charge is 0.307 e. The molecule has 3 atom stereocenters. The summed E-state index contributed by atoms with van der Waals surface area (Å²) in [6, 6.07) is 0. The average molecular weight is 141 g/mol. The summed E-state index contributed by atoms with van der Waals surface area (Å²) in [5, 5.41) is 11.9. The summed E-state index contributed by atoms with van der Waals surface area (Å²) < 4.78 is 0. The van der Waals surface area contributed by atoms with Gasteiger partial charge in [0.15, 0.2) is 0 Å². The number of hydrogen-bond donors (Lipinski definition) is 2. The van der Waals surface area contributed by atoms with Crippen molar-refractivity contribution in [2.24, 2.45) is 17.8 Å². The molecule has 3 aliphatic rings. The number of hydrogen-bond acceptors (Lipinski definition) is 2. The molecule has 1 unspecified atom stereocenters. The van der Waals surface area contributed by atoms with E-state index in [-0.39, 0.29) is 5.92 Å². The van der Waals surface area contributed by atoms with Crippen LogP contribution in [0.3, 0.4) is 0 Å². The minimum Gasteiger partial charge on any atom is -0.481 e. The van der Waals surface area contributed by atoms with Crippen molar-refractivity contribution in [1.82, 2.24) is 5.32 Å². The Hall–Kier alpha value is -0.570. The van der Waals surface area contributed by atoms with Gasteiger partial charge in [0.05, 0.1) is 5.92 Å². The summed E-state index contributed by atoms with van der Waals surface area (Å²) in [6.45, 7) is 1.82. The highest BCUT2D eigenvalue weighted by atomic mass is 16.4. The summed E-state index contributed by atoms with van der Waals surface area (Å²) in [4.78, 5) is 10.6. The SMILES string of the molecule is O=C(O)C1[C@@H]2CNC[C@H]1C2. The summed E-state index contributed by atoms with van der Waals surface area (Å²) in [6.07, 6.45) is 1.13. The van der Waals surface area contributed by atoms with E-state index < -0.39 is 5.97 Å². The molecule has 1 saturated carbocycles. The third-order valence-corrected chi connectivity index (χ3v) is 2.72. The van der Waals surface area contributed by atoms with Gasteiger partial charge in [0.2, 0.25) is 0 Å². The average Bonchev–Trinajstić information content (AvgIpc) is 1.87. The molecule has 3 rings (SSSR count). The maximum atomic E-state index is 10.6. The Balaban J connectivity index is 2.06. The summed E-state index contributed by atoms with van der Waals surface area (Å²) in [5.74, 6) is 0.233. The molecule has 0 spiro atoms. The lowest BCUT2D eigenvalue weighted by molar-refractivity contribution is -0.154. The predicted molar refractivity (Wildman–Crippen MR) is 35.6 cm³/mol. The van der Waals surface area contributed by atoms with Gasteiger partial charge in [0.25, 0.3) is 0 Å². The quantitative estimate of drug-likeness (QED) is 0.537. The molecule has 0 amide bonds. The highest BCUT2D eigenvalue weighted by molar-refractivity contribution is 5.72. The van der Waals surface area contributed by atoms with E-state index in [2.05, 4.69) is 5.32 Å². The van der Waals surface area contributed by atoms with Crippen LogP contribution in [0.15, 0.2) is 0 Å². The van der Waals surface area contributed by atoms with Gasteiger partial charge in [0, 0.05) is 0 Å². The standard InChI is InChI=1S/C7H11NO2/c9-7(10)6-4-1-5(6)3-8-2-4/h4-6,8H,1-3H2,(H,9,10)/t4-,5+,6?. The van der Waals surface area contributed by atoms with Crippen LogP contribution in [0.1, 0.15) is 6.42 Å². The normalized spacial score (nSPS) is 44.2. The number of carboxylic acid groups (broad SMARTS) is 1. The number of rotatable bonds is 1. The second kappa shape index (κ2) is 1.95. The van der Waals surface area contributed by atoms with Gasteiger partial charge in [0.1, 0.15) is 0 Å². The van der Waals surface area contributed by atoms with Crippen LogP contribution in [0.4, 0.5) is 0 Å². The number of fused-ring (bicyclic) bond motifs is 2. The number of carbonyl (C=O) groups is 1. The van der Waals surface area contributed by atoms with Crippen molar-refractivity contribution in [3.63, 3.8) is 0 Å². The Morgan fingerprint density at radius 2 is 2.00 bits per heavy atom. The van der Waals surface area contributed by atoms with Gasteiger partial charge < -0.3 is 10.4 Å². The summed E-state index contributed by atoms with van der Waals surface area (Å²) >= 11 is 0. The molecule has 3 heteroatoms. The predicted octanol–water partition coefficient (Wildman–Crippen LogP) is -0.0735. The van der Waals surface area contributed by atoms with E-state index in [0.29, 0.717) is 11.8 Å². The van der Waals surface area contributed by atoms with Crippen LogP contribution in [-0.4, -0.2) is 24.2 Å². The Labute approximate surface area is 59.4 Å². The first-order chi connectivity index (χ1) is 4.79. The third-order valence-electron chi connectivity index (χ3n) is 2.72. The van der Waals surface area contributed by atoms with E-state index in [9.17, 15) is 4.79 Å². The van der Waals surface area contributed by atoms with Crippen LogP contribution in [-0.2, 0) is 4.79 Å². The van der Waals surface area contributed by atoms with Crippen LogP contribution in [0.25, 0.3) is 0 Å². The van der Waals surface area contributed by atoms with Crippen molar-refractivity contribution in [3.8, 4) is 0 Å². The molecule has 2 aliphatic heterocycles. The highest BCUT2D eigenvalue weighted by Crippen LogP contribution is 2.42. The molecule has 3 nitrogen and oxygen atoms in total. The molecule has 3 fully saturated rings. The zero-order chi connectivity index (χ0) is 7.14. The monoisotopic (exact) mass is 141 g/mol. The Morgan fingerprint density at radius 1 is 1.40 bits per heavy atom. The van der Waals surface area contributed by atoms with Crippen molar-refractivity contribution in [2.45, 2.75) is 6.42 Å². The molecule has 0 radical (unpaired) electrons. The Bertz CT molecular complexity index is 155. The van der Waals surface area contributed by atoms with E-state index >= 15 is 0 Å². The molecule has 2 bridgehead atoms. The lowest BCUT2D eigenvalue weighted by Crippen LogP contribution is -2.56. The molecule has 2 N–H and O–H groups in total. The van der Waals surface area contributed by atoms with Crippen LogP contribution in [0.2, 0.25) is 0 Å². The Kier molecular flexibility index (Phi) is 1.20. The molecule has 10 heavy (non-hydrogen) atoms. The highest BCUT2D eigenvalue weighted by Gasteiger charge is 2.47. The molecule has 1 aliphatic carbocycles. The van der Waals surface area contributed by atoms with Gasteiger partial charge in [-0.05, 0) is 31.3 Å². The van der Waals surface area contributed by atoms with Crippen LogP contribution in [0.5, 0.6) is 0 Å². The number of nitrogens with one attached hydrogen (secondary N) is 1. The van der Waals surface area contributed by atoms with Crippen molar-refractivity contribution in [2.75, 3.05) is 13.1 Å². The van der Waals surface area contributed by atoms with Crippen LogP contribution >= 0.6 is 0 Å². The molecule has 0 aromatic carbocycles. The largest absolute Gasteiger partial charge is 0.481 e. The van der Waals surface area contributed by atoms with Gasteiger partial charge in [-0.15, -0.1) is 0 Å². The summed E-state index contributed by atoms with van der Waals surface area (Å²) in [5.41, 5.74) is 0. The van der Waals surface area contributed by atoms with E-state index in [0.717, 1.165) is 19.5 Å². The maximum Gasteiger partial charge on any atom is 0.307 e. The first kappa shape index (κ1) is 6.16. The zero-order valence-electron chi connectivity index (χ0n) is 5.71. The van der Waals surface area contributed by atoms with E-state index in [1.54, 1.807) is 0 Å². The lowest BCUT2D eigenvalue weighted by atomic mass is 9.62. The summed E-state index contributed by atoms with van der Waals surface area (Å²) in [7, 11) is 0. The zero-order valence-corrected chi connectivity index (χ0v) is 5.71. The molecule has 0 aromatic heterocycles. The van der Waals surface area contributed by atoms with E-state index in [1.807, 2.05) is 0 Å². The number of carboxylic acids is 1. The first-order valence-corrected chi connectivity index (χ1v) is 3.72. The minimum atomic E-state index is -0.595. The number of piperidine rings is 2. The fourth-order valence-corrected chi connectivity index (χ4v) is 2.15. The second-order valence-electron chi connectivity index (χ2n) is 3.28. The third kappa shape index (κ3) is 0.669. The van der Waals surface area contributed by atoms with Crippen molar-refractivity contribution in [3.05, 3.63) is 0 Å². The van der Waals surface area contributed by atoms with Crippen molar-refractivity contribution in [1.29, 1.82) is 0 Å². The van der Waals surface area contributed by atoms with Crippen LogP contribution in [0, 0.1) is 17.8 Å². The van der Waals surface area contributed by atoms with Gasteiger partial charge in [-0.2, -0.15) is 0 Å². The van der Waals surface area contributed by atoms with Gasteiger partial charge >= 0.3 is 5.97 Å². The van der Waals surface area contributed by atoms with E-state index in [1.165, 1.54) is 0 Å². The van der Waals surface area contributed by atoms with Crippen molar-refractivity contribution < 1.29 is 9.90 Å². The van der Waals surface area contributed by atoms with Gasteiger partial charge in [-0.3, -0.25) is 4.79 Å². The van der Waals surface area contributed by atoms with E-state index in [4.69, 9.17) is 5.11 Å². The first-order valence-electron chi connectivity index (χ1n) is 3.72. The molecule has 56 valence electrons. The minimum absolute atomic E-state index is 0.0266. The fraction of sp³-hybridized carbons (Fsp3) is 0.857. The van der Waals surface area contributed by atoms with Gasteiger partial charge in [-0.1, -0.05) is 0 Å². The van der Waals surface area contributed by atoms with Gasteiger partial charge in [-0.25, -0.2) is 0 Å². The molecule has 2 heterocycles. The molecule has 2 saturated heterocycles.